The van der Waals surface area contributed by atoms with Crippen molar-refractivity contribution in [3.8, 4) is 0 Å². The van der Waals surface area contributed by atoms with Crippen molar-refractivity contribution in [2.75, 3.05) is 33.9 Å². The Morgan fingerprint density at radius 3 is 2.70 bits per heavy atom. The standard InChI is InChI=1S/C16H26ClN3OS.HI/c1-18-15(19-10-6-13-4-5-14(17)22-13)20-12-16(7-3-8-16)9-11-21-2;/h4-5H,3,6-12H2,1-2H3,(H2,18,19,20);1H. The summed E-state index contributed by atoms with van der Waals surface area (Å²) in [5, 5.41) is 6.85. The number of guanidine groups is 1. The summed E-state index contributed by atoms with van der Waals surface area (Å²) in [6.45, 7) is 2.68. The van der Waals surface area contributed by atoms with E-state index in [1.807, 2.05) is 13.1 Å². The lowest BCUT2D eigenvalue weighted by molar-refractivity contribution is 0.0732. The van der Waals surface area contributed by atoms with Crippen LogP contribution in [0.5, 0.6) is 0 Å². The zero-order valence-corrected chi connectivity index (χ0v) is 17.8. The average Bonchev–Trinajstić information content (AvgIpc) is 2.89. The molecule has 132 valence electrons. The van der Waals surface area contributed by atoms with E-state index in [0.29, 0.717) is 5.41 Å². The molecule has 2 N–H and O–H groups in total. The summed E-state index contributed by atoms with van der Waals surface area (Å²) in [5.74, 6) is 0.881. The first-order valence-corrected chi connectivity index (χ1v) is 9.04. The van der Waals surface area contributed by atoms with E-state index in [1.54, 1.807) is 18.4 Å². The van der Waals surface area contributed by atoms with Crippen molar-refractivity contribution >= 4 is 52.9 Å². The molecule has 0 bridgehead atoms. The van der Waals surface area contributed by atoms with Crippen LogP contribution in [0.15, 0.2) is 17.1 Å². The highest BCUT2D eigenvalue weighted by Crippen LogP contribution is 2.43. The van der Waals surface area contributed by atoms with Gasteiger partial charge in [0.15, 0.2) is 5.96 Å². The minimum Gasteiger partial charge on any atom is -0.385 e. The number of thiophene rings is 1. The van der Waals surface area contributed by atoms with Crippen LogP contribution in [0.4, 0.5) is 0 Å². The Balaban J connectivity index is 0.00000264. The predicted octanol–water partition coefficient (Wildman–Crippen LogP) is 3.93. The first-order valence-electron chi connectivity index (χ1n) is 7.85. The van der Waals surface area contributed by atoms with Crippen molar-refractivity contribution in [2.24, 2.45) is 10.4 Å². The molecule has 1 saturated carbocycles. The molecule has 0 atom stereocenters. The van der Waals surface area contributed by atoms with Gasteiger partial charge in [0.05, 0.1) is 4.34 Å². The topological polar surface area (TPSA) is 45.7 Å². The fourth-order valence-electron chi connectivity index (χ4n) is 2.79. The molecule has 23 heavy (non-hydrogen) atoms. The zero-order valence-electron chi connectivity index (χ0n) is 13.9. The molecule has 1 aliphatic rings. The number of halogens is 2. The molecule has 0 spiro atoms. The van der Waals surface area contributed by atoms with Gasteiger partial charge in [-0.1, -0.05) is 18.0 Å². The number of aliphatic imine (C=N–C) groups is 1. The van der Waals surface area contributed by atoms with E-state index in [-0.39, 0.29) is 24.0 Å². The Morgan fingerprint density at radius 2 is 2.17 bits per heavy atom. The SMILES string of the molecule is CN=C(NCCc1ccc(Cl)s1)NCC1(CCOC)CCC1.I. The van der Waals surface area contributed by atoms with E-state index in [1.165, 1.54) is 24.1 Å². The van der Waals surface area contributed by atoms with Crippen molar-refractivity contribution < 1.29 is 4.74 Å². The number of nitrogens with one attached hydrogen (secondary N) is 2. The van der Waals surface area contributed by atoms with Gasteiger partial charge >= 0.3 is 0 Å². The van der Waals surface area contributed by atoms with Crippen LogP contribution in [0.1, 0.15) is 30.6 Å². The van der Waals surface area contributed by atoms with E-state index < -0.39 is 0 Å². The van der Waals surface area contributed by atoms with Crippen molar-refractivity contribution in [3.05, 3.63) is 21.3 Å². The quantitative estimate of drug-likeness (QED) is 0.343. The molecule has 0 aromatic carbocycles. The van der Waals surface area contributed by atoms with Crippen LogP contribution in [0.2, 0.25) is 4.34 Å². The summed E-state index contributed by atoms with van der Waals surface area (Å²) in [4.78, 5) is 5.60. The summed E-state index contributed by atoms with van der Waals surface area (Å²) in [7, 11) is 3.59. The van der Waals surface area contributed by atoms with Crippen LogP contribution in [-0.2, 0) is 11.2 Å². The van der Waals surface area contributed by atoms with Crippen LogP contribution in [0.25, 0.3) is 0 Å². The minimum absolute atomic E-state index is 0. The number of hydrogen-bond acceptors (Lipinski definition) is 3. The summed E-state index contributed by atoms with van der Waals surface area (Å²) < 4.78 is 6.09. The lowest BCUT2D eigenvalue weighted by Gasteiger charge is -2.42. The van der Waals surface area contributed by atoms with E-state index in [9.17, 15) is 0 Å². The van der Waals surface area contributed by atoms with Crippen LogP contribution in [0, 0.1) is 5.41 Å². The minimum atomic E-state index is 0. The monoisotopic (exact) mass is 471 g/mol. The summed E-state index contributed by atoms with van der Waals surface area (Å²) in [5.41, 5.74) is 0.398. The predicted molar refractivity (Wildman–Crippen MR) is 111 cm³/mol. The van der Waals surface area contributed by atoms with Crippen molar-refractivity contribution in [2.45, 2.75) is 32.1 Å². The molecular formula is C16H27ClIN3OS. The molecular weight excluding hydrogens is 445 g/mol. The second-order valence-electron chi connectivity index (χ2n) is 5.90. The van der Waals surface area contributed by atoms with E-state index in [4.69, 9.17) is 16.3 Å². The Morgan fingerprint density at radius 1 is 1.39 bits per heavy atom. The Kier molecular flexibility index (Phi) is 9.80. The number of ether oxygens (including phenoxy) is 1. The molecule has 4 nitrogen and oxygen atoms in total. The van der Waals surface area contributed by atoms with Crippen molar-refractivity contribution in [1.82, 2.24) is 10.6 Å². The molecule has 1 aliphatic carbocycles. The molecule has 0 unspecified atom stereocenters. The van der Waals surface area contributed by atoms with Crippen LogP contribution in [-0.4, -0.2) is 39.8 Å². The molecule has 1 aromatic rings. The lowest BCUT2D eigenvalue weighted by Crippen LogP contribution is -2.47. The first-order chi connectivity index (χ1) is 10.7. The van der Waals surface area contributed by atoms with E-state index in [0.717, 1.165) is 42.8 Å². The third-order valence-electron chi connectivity index (χ3n) is 4.40. The Hall–Kier alpha value is -0.0500. The van der Waals surface area contributed by atoms with E-state index in [2.05, 4.69) is 21.7 Å². The smallest absolute Gasteiger partial charge is 0.191 e. The molecule has 1 aromatic heterocycles. The molecule has 0 amide bonds. The second kappa shape index (κ2) is 10.7. The zero-order chi connectivity index (χ0) is 15.8. The Labute approximate surface area is 165 Å². The third kappa shape index (κ3) is 6.76. The summed E-state index contributed by atoms with van der Waals surface area (Å²) in [6, 6.07) is 4.03. The van der Waals surface area contributed by atoms with Gasteiger partial charge in [0.2, 0.25) is 0 Å². The van der Waals surface area contributed by atoms with Crippen molar-refractivity contribution in [3.63, 3.8) is 0 Å². The van der Waals surface area contributed by atoms with Crippen LogP contribution in [0.3, 0.4) is 0 Å². The summed E-state index contributed by atoms with van der Waals surface area (Å²) >= 11 is 7.58. The molecule has 1 heterocycles. The van der Waals surface area contributed by atoms with Gasteiger partial charge in [-0.05, 0) is 43.2 Å². The van der Waals surface area contributed by atoms with Gasteiger partial charge in [-0.2, -0.15) is 0 Å². The van der Waals surface area contributed by atoms with Gasteiger partial charge in [-0.25, -0.2) is 0 Å². The van der Waals surface area contributed by atoms with Gasteiger partial charge in [-0.3, -0.25) is 4.99 Å². The highest BCUT2D eigenvalue weighted by Gasteiger charge is 2.36. The highest BCUT2D eigenvalue weighted by molar-refractivity contribution is 14.0. The maximum atomic E-state index is 5.94. The second-order valence-corrected chi connectivity index (χ2v) is 7.70. The fraction of sp³-hybridized carbons (Fsp3) is 0.688. The molecule has 7 heteroatoms. The van der Waals surface area contributed by atoms with Crippen LogP contribution < -0.4 is 10.6 Å². The van der Waals surface area contributed by atoms with Gasteiger partial charge in [-0.15, -0.1) is 35.3 Å². The lowest BCUT2D eigenvalue weighted by atomic mass is 9.67. The molecule has 1 fully saturated rings. The van der Waals surface area contributed by atoms with Gasteiger partial charge in [0.1, 0.15) is 0 Å². The molecule has 2 rings (SSSR count). The summed E-state index contributed by atoms with van der Waals surface area (Å²) in [6.07, 6.45) is 5.99. The number of hydrogen-bond donors (Lipinski definition) is 2. The number of nitrogens with zero attached hydrogens (tertiary/aromatic N) is 1. The fourth-order valence-corrected chi connectivity index (χ4v) is 3.88. The Bertz CT molecular complexity index is 491. The third-order valence-corrected chi connectivity index (χ3v) is 5.69. The highest BCUT2D eigenvalue weighted by atomic mass is 127. The molecule has 0 radical (unpaired) electrons. The maximum Gasteiger partial charge on any atom is 0.191 e. The number of methoxy groups -OCH3 is 1. The van der Waals surface area contributed by atoms with Gasteiger partial charge in [0, 0.05) is 38.7 Å². The normalized spacial score (nSPS) is 16.4. The maximum absolute atomic E-state index is 5.94. The average molecular weight is 472 g/mol. The van der Waals surface area contributed by atoms with Gasteiger partial charge < -0.3 is 15.4 Å². The number of rotatable bonds is 8. The van der Waals surface area contributed by atoms with Gasteiger partial charge in [0.25, 0.3) is 0 Å². The van der Waals surface area contributed by atoms with Crippen LogP contribution >= 0.6 is 46.9 Å². The van der Waals surface area contributed by atoms with Crippen molar-refractivity contribution in [1.29, 1.82) is 0 Å². The van der Waals surface area contributed by atoms with E-state index >= 15 is 0 Å². The molecule has 0 aliphatic heterocycles. The first kappa shape index (κ1) is 21.0. The largest absolute Gasteiger partial charge is 0.385 e. The molecule has 0 saturated heterocycles.